The molecule has 0 radical (unpaired) electrons. The average molecular weight is 268 g/mol. The van der Waals surface area contributed by atoms with Crippen LogP contribution in [0.3, 0.4) is 0 Å². The van der Waals surface area contributed by atoms with Crippen molar-refractivity contribution in [3.8, 4) is 6.01 Å². The topological polar surface area (TPSA) is 98.8 Å². The zero-order chi connectivity index (χ0) is 13.0. The predicted octanol–water partition coefficient (Wildman–Crippen LogP) is 1.15. The Morgan fingerprint density at radius 2 is 2.11 bits per heavy atom. The first-order valence-corrected chi connectivity index (χ1v) is 6.07. The molecule has 0 unspecified atom stereocenters. The molecule has 2 heterocycles. The first-order chi connectivity index (χ1) is 8.71. The van der Waals surface area contributed by atoms with E-state index in [0.717, 1.165) is 11.8 Å². The summed E-state index contributed by atoms with van der Waals surface area (Å²) in [5.74, 6) is 0.914. The van der Waals surface area contributed by atoms with Crippen LogP contribution in [0.5, 0.6) is 6.01 Å². The van der Waals surface area contributed by atoms with Crippen LogP contribution in [-0.4, -0.2) is 38.8 Å². The second-order valence-electron chi connectivity index (χ2n) is 3.10. The maximum Gasteiger partial charge on any atom is 0.322 e. The lowest BCUT2D eigenvalue weighted by atomic mass is 10.8. The molecule has 0 aliphatic heterocycles. The Hall–Kier alpha value is -1.90. The third-order valence-electron chi connectivity index (χ3n) is 1.78. The van der Waals surface area contributed by atoms with Gasteiger partial charge in [0.15, 0.2) is 0 Å². The van der Waals surface area contributed by atoms with Crippen molar-refractivity contribution in [1.29, 1.82) is 0 Å². The molecule has 0 fully saturated rings. The Morgan fingerprint density at radius 1 is 1.28 bits per heavy atom. The van der Waals surface area contributed by atoms with Gasteiger partial charge >= 0.3 is 6.01 Å². The largest absolute Gasteiger partial charge is 0.464 e. The van der Waals surface area contributed by atoms with Crippen molar-refractivity contribution in [2.24, 2.45) is 0 Å². The lowest BCUT2D eigenvalue weighted by Crippen LogP contribution is -2.04. The highest BCUT2D eigenvalue weighted by atomic mass is 32.2. The molecule has 0 saturated heterocycles. The Labute approximate surface area is 108 Å². The van der Waals surface area contributed by atoms with E-state index in [9.17, 15) is 0 Å². The second-order valence-corrected chi connectivity index (χ2v) is 4.01. The Balaban J connectivity index is 2.23. The minimum absolute atomic E-state index is 0.260. The summed E-state index contributed by atoms with van der Waals surface area (Å²) in [4.78, 5) is 12.3. The van der Waals surface area contributed by atoms with Crippen molar-refractivity contribution in [3.05, 3.63) is 5.89 Å². The first kappa shape index (κ1) is 12.6. The highest BCUT2D eigenvalue weighted by Gasteiger charge is 2.11. The molecule has 0 aromatic carbocycles. The molecule has 0 saturated carbocycles. The maximum absolute atomic E-state index is 5.25. The Bertz CT molecular complexity index is 532. The van der Waals surface area contributed by atoms with Crippen molar-refractivity contribution in [2.75, 3.05) is 19.0 Å². The van der Waals surface area contributed by atoms with Crippen molar-refractivity contribution < 1.29 is 9.15 Å². The zero-order valence-electron chi connectivity index (χ0n) is 10.2. The number of hydrogen-bond acceptors (Lipinski definition) is 9. The van der Waals surface area contributed by atoms with Gasteiger partial charge < -0.3 is 14.5 Å². The molecule has 2 aromatic rings. The molecular formula is C9H12N6O2S. The van der Waals surface area contributed by atoms with Crippen LogP contribution in [0.15, 0.2) is 14.8 Å². The van der Waals surface area contributed by atoms with Gasteiger partial charge in [0.1, 0.15) is 0 Å². The van der Waals surface area contributed by atoms with E-state index in [1.807, 2.05) is 6.92 Å². The van der Waals surface area contributed by atoms with Crippen LogP contribution in [0, 0.1) is 6.92 Å². The number of aromatic nitrogens is 5. The van der Waals surface area contributed by atoms with Gasteiger partial charge in [-0.05, 0) is 6.92 Å². The molecular weight excluding hydrogens is 256 g/mol. The molecule has 2 rings (SSSR count). The number of ether oxygens (including phenoxy) is 1. The van der Waals surface area contributed by atoms with E-state index < -0.39 is 0 Å². The molecule has 0 amide bonds. The molecule has 0 aliphatic carbocycles. The van der Waals surface area contributed by atoms with Gasteiger partial charge in [-0.2, -0.15) is 15.0 Å². The van der Waals surface area contributed by atoms with Gasteiger partial charge in [-0.1, -0.05) is 0 Å². The van der Waals surface area contributed by atoms with Gasteiger partial charge in [0.05, 0.1) is 6.61 Å². The molecule has 8 nitrogen and oxygen atoms in total. The molecule has 9 heteroatoms. The molecule has 0 aliphatic rings. The minimum atomic E-state index is 0.260. The average Bonchev–Trinajstić information content (AvgIpc) is 2.75. The highest BCUT2D eigenvalue weighted by Crippen LogP contribution is 2.24. The van der Waals surface area contributed by atoms with Gasteiger partial charge in [-0.25, -0.2) is 0 Å². The van der Waals surface area contributed by atoms with Crippen molar-refractivity contribution >= 4 is 17.7 Å². The summed E-state index contributed by atoms with van der Waals surface area (Å²) in [5, 5.41) is 11.2. The number of hydrogen-bond donors (Lipinski definition) is 1. The molecule has 0 bridgehead atoms. The molecule has 1 N–H and O–H groups in total. The van der Waals surface area contributed by atoms with Crippen LogP contribution in [0.4, 0.5) is 5.95 Å². The summed E-state index contributed by atoms with van der Waals surface area (Å²) in [7, 11) is 1.72. The van der Waals surface area contributed by atoms with Crippen LogP contribution < -0.4 is 10.1 Å². The quantitative estimate of drug-likeness (QED) is 0.855. The van der Waals surface area contributed by atoms with Gasteiger partial charge in [0, 0.05) is 25.7 Å². The van der Waals surface area contributed by atoms with Gasteiger partial charge in [0.2, 0.25) is 17.0 Å². The van der Waals surface area contributed by atoms with Crippen LogP contribution in [0.25, 0.3) is 0 Å². The molecule has 0 spiro atoms. The minimum Gasteiger partial charge on any atom is -0.464 e. The van der Waals surface area contributed by atoms with Crippen molar-refractivity contribution in [2.45, 2.75) is 24.2 Å². The molecule has 18 heavy (non-hydrogen) atoms. The van der Waals surface area contributed by atoms with Crippen LogP contribution in [0.1, 0.15) is 12.8 Å². The molecule has 2 aromatic heterocycles. The molecule has 96 valence electrons. The van der Waals surface area contributed by atoms with E-state index in [2.05, 4.69) is 30.5 Å². The highest BCUT2D eigenvalue weighted by molar-refractivity contribution is 7.98. The van der Waals surface area contributed by atoms with E-state index in [4.69, 9.17) is 9.15 Å². The summed E-state index contributed by atoms with van der Waals surface area (Å²) in [6.07, 6.45) is 0. The molecule has 0 atom stereocenters. The first-order valence-electron chi connectivity index (χ1n) is 5.26. The maximum atomic E-state index is 5.25. The van der Waals surface area contributed by atoms with E-state index in [1.54, 1.807) is 14.0 Å². The van der Waals surface area contributed by atoms with Crippen molar-refractivity contribution in [1.82, 2.24) is 25.1 Å². The summed E-state index contributed by atoms with van der Waals surface area (Å²) in [6.45, 7) is 4.06. The third-order valence-corrected chi connectivity index (χ3v) is 2.48. The van der Waals surface area contributed by atoms with Crippen LogP contribution >= 0.6 is 11.8 Å². The van der Waals surface area contributed by atoms with E-state index >= 15 is 0 Å². The number of aryl methyl sites for hydroxylation is 1. The standard InChI is InChI=1S/C9H12N6O2S/c1-4-16-7-11-6(10-3)12-8(13-7)18-9-15-14-5(2)17-9/h4H2,1-3H3,(H,10,11,12,13). The fraction of sp³-hybridized carbons (Fsp3) is 0.444. The van der Waals surface area contributed by atoms with Gasteiger partial charge in [-0.3, -0.25) is 0 Å². The summed E-state index contributed by atoms with van der Waals surface area (Å²) in [6, 6.07) is 0.260. The number of nitrogens with zero attached hydrogens (tertiary/aromatic N) is 5. The lowest BCUT2D eigenvalue weighted by Gasteiger charge is -2.04. The number of nitrogens with one attached hydrogen (secondary N) is 1. The fourth-order valence-electron chi connectivity index (χ4n) is 1.09. The predicted molar refractivity (Wildman–Crippen MR) is 63.7 cm³/mol. The van der Waals surface area contributed by atoms with Crippen LogP contribution in [-0.2, 0) is 0 Å². The Kier molecular flexibility index (Phi) is 3.92. The summed E-state index contributed by atoms with van der Waals surface area (Å²) < 4.78 is 10.5. The number of rotatable bonds is 5. The Morgan fingerprint density at radius 3 is 2.72 bits per heavy atom. The fourth-order valence-corrected chi connectivity index (χ4v) is 1.74. The normalized spacial score (nSPS) is 10.4. The second kappa shape index (κ2) is 5.63. The zero-order valence-corrected chi connectivity index (χ0v) is 11.0. The summed E-state index contributed by atoms with van der Waals surface area (Å²) in [5.41, 5.74) is 0. The van der Waals surface area contributed by atoms with Crippen molar-refractivity contribution in [3.63, 3.8) is 0 Å². The third kappa shape index (κ3) is 3.06. The van der Waals surface area contributed by atoms with E-state index in [-0.39, 0.29) is 6.01 Å². The SMILES string of the molecule is CCOc1nc(NC)nc(Sc2nnc(C)o2)n1. The monoisotopic (exact) mass is 268 g/mol. The van der Waals surface area contributed by atoms with Gasteiger partial charge in [-0.15, -0.1) is 10.2 Å². The van der Waals surface area contributed by atoms with Crippen LogP contribution in [0.2, 0.25) is 0 Å². The number of anilines is 1. The van der Waals surface area contributed by atoms with E-state index in [0.29, 0.717) is 28.8 Å². The van der Waals surface area contributed by atoms with E-state index in [1.165, 1.54) is 0 Å². The smallest absolute Gasteiger partial charge is 0.322 e. The lowest BCUT2D eigenvalue weighted by molar-refractivity contribution is 0.308. The summed E-state index contributed by atoms with van der Waals surface area (Å²) >= 11 is 1.16. The van der Waals surface area contributed by atoms with Gasteiger partial charge in [0.25, 0.3) is 5.22 Å².